The molecule has 1 unspecified atom stereocenters. The Balaban J connectivity index is 0.00000176. The molecule has 0 saturated carbocycles. The molecule has 0 aliphatic heterocycles. The molecular weight excluding hydrogens is 460 g/mol. The topological polar surface area (TPSA) is 119 Å². The predicted molar refractivity (Wildman–Crippen MR) is 135 cm³/mol. The second-order valence-electron chi connectivity index (χ2n) is 7.63. The van der Waals surface area contributed by atoms with Gasteiger partial charge in [0, 0.05) is 19.1 Å². The molecule has 4 aromatic rings. The van der Waals surface area contributed by atoms with Gasteiger partial charge >= 0.3 is 6.09 Å². The third-order valence-corrected chi connectivity index (χ3v) is 5.33. The molecule has 1 atom stereocenters. The van der Waals surface area contributed by atoms with Crippen molar-refractivity contribution in [3.63, 3.8) is 0 Å². The Morgan fingerprint density at radius 3 is 2.19 bits per heavy atom. The van der Waals surface area contributed by atoms with Crippen molar-refractivity contribution in [3.05, 3.63) is 108 Å². The number of amides is 1. The van der Waals surface area contributed by atoms with E-state index in [-0.39, 0.29) is 11.4 Å². The third kappa shape index (κ3) is 6.52. The van der Waals surface area contributed by atoms with E-state index >= 15 is 0 Å². The summed E-state index contributed by atoms with van der Waals surface area (Å²) in [6.07, 6.45) is 1.24. The molecule has 1 amide bonds. The molecule has 0 aliphatic carbocycles. The number of nitrogens with one attached hydrogen (secondary N) is 1. The number of rotatable bonds is 8. The zero-order valence-corrected chi connectivity index (χ0v) is 19.9. The van der Waals surface area contributed by atoms with Gasteiger partial charge in [0.15, 0.2) is 5.69 Å². The molecule has 2 N–H and O–H groups in total. The monoisotopic (exact) mass is 486 g/mol. The Kier molecular flexibility index (Phi) is 9.25. The Labute approximate surface area is 208 Å². The van der Waals surface area contributed by atoms with Crippen molar-refractivity contribution in [3.8, 4) is 11.1 Å². The van der Waals surface area contributed by atoms with Gasteiger partial charge in [0.05, 0.1) is 0 Å². The fourth-order valence-corrected chi connectivity index (χ4v) is 3.46. The highest BCUT2D eigenvalue weighted by atomic mass is 16.6. The summed E-state index contributed by atoms with van der Waals surface area (Å²) in [7, 11) is 1.00. The summed E-state index contributed by atoms with van der Waals surface area (Å²) in [5.41, 5.74) is 4.18. The molecule has 0 fully saturated rings. The van der Waals surface area contributed by atoms with Gasteiger partial charge in [-0.3, -0.25) is 10.1 Å². The van der Waals surface area contributed by atoms with Crippen molar-refractivity contribution >= 4 is 23.9 Å². The van der Waals surface area contributed by atoms with Crippen LogP contribution in [0.25, 0.3) is 11.1 Å². The number of aliphatic hydroxyl groups is 1. The van der Waals surface area contributed by atoms with E-state index in [1.165, 1.54) is 6.26 Å². The molecule has 0 saturated heterocycles. The lowest BCUT2D eigenvalue weighted by Crippen LogP contribution is -2.17. The Morgan fingerprint density at radius 1 is 0.972 bits per heavy atom. The minimum absolute atomic E-state index is 0.0183. The number of nitrogens with zero attached hydrogens (tertiary/aromatic N) is 1. The van der Waals surface area contributed by atoms with Gasteiger partial charge in [-0.25, -0.2) is 4.79 Å². The van der Waals surface area contributed by atoms with E-state index in [1.807, 2.05) is 66.7 Å². The third-order valence-electron chi connectivity index (χ3n) is 5.33. The van der Waals surface area contributed by atoms with Crippen LogP contribution in [0.15, 0.2) is 89.6 Å². The number of aldehydes is 1. The number of carbonyl (C=O) groups excluding carboxylic acids is 3. The van der Waals surface area contributed by atoms with Crippen molar-refractivity contribution in [2.45, 2.75) is 19.4 Å². The van der Waals surface area contributed by atoms with Gasteiger partial charge in [-0.1, -0.05) is 84.0 Å². The Hall–Kier alpha value is -4.56. The number of hydrogen-bond donors (Lipinski definition) is 2. The summed E-state index contributed by atoms with van der Waals surface area (Å²) in [5.74, 6) is -0.395. The van der Waals surface area contributed by atoms with E-state index in [2.05, 4.69) is 10.5 Å². The van der Waals surface area contributed by atoms with Crippen LogP contribution < -0.4 is 5.32 Å². The molecule has 0 radical (unpaired) electrons. The van der Waals surface area contributed by atoms with Crippen LogP contribution in [-0.2, 0) is 16.0 Å². The first-order valence-electron chi connectivity index (χ1n) is 11.1. The molecule has 0 aliphatic rings. The SMILES string of the molecule is CC(OC(=O)Nc1conc1C(=O)c1ccc(-c2ccc(CC=O)cc2)cc1)c1ccccc1.CO. The van der Waals surface area contributed by atoms with Gasteiger partial charge in [0.2, 0.25) is 5.78 Å². The zero-order chi connectivity index (χ0) is 25.9. The molecule has 4 rings (SSSR count). The molecule has 0 bridgehead atoms. The van der Waals surface area contributed by atoms with Gasteiger partial charge in [0.25, 0.3) is 0 Å². The molecule has 0 spiro atoms. The number of anilines is 1. The lowest BCUT2D eigenvalue weighted by Gasteiger charge is -2.13. The van der Waals surface area contributed by atoms with Crippen LogP contribution >= 0.6 is 0 Å². The second kappa shape index (κ2) is 12.8. The predicted octanol–water partition coefficient (Wildman–Crippen LogP) is 5.23. The Bertz CT molecular complexity index is 1280. The zero-order valence-electron chi connectivity index (χ0n) is 19.9. The van der Waals surface area contributed by atoms with Crippen LogP contribution in [0.5, 0.6) is 0 Å². The van der Waals surface area contributed by atoms with E-state index in [1.54, 1.807) is 19.1 Å². The highest BCUT2D eigenvalue weighted by molar-refractivity contribution is 6.12. The fourth-order valence-electron chi connectivity index (χ4n) is 3.46. The maximum Gasteiger partial charge on any atom is 0.412 e. The second-order valence-corrected chi connectivity index (χ2v) is 7.63. The minimum atomic E-state index is -0.720. The summed E-state index contributed by atoms with van der Waals surface area (Å²) in [5, 5.41) is 13.3. The first-order valence-corrected chi connectivity index (χ1v) is 11.1. The lowest BCUT2D eigenvalue weighted by atomic mass is 10.00. The van der Waals surface area contributed by atoms with Gasteiger partial charge in [-0.2, -0.15) is 0 Å². The molecule has 1 aromatic heterocycles. The number of aromatic nitrogens is 1. The van der Waals surface area contributed by atoms with Crippen molar-refractivity contribution < 1.29 is 28.8 Å². The Morgan fingerprint density at radius 2 is 1.58 bits per heavy atom. The van der Waals surface area contributed by atoms with Crippen molar-refractivity contribution in [1.29, 1.82) is 0 Å². The summed E-state index contributed by atoms with van der Waals surface area (Å²) in [6.45, 7) is 1.76. The lowest BCUT2D eigenvalue weighted by molar-refractivity contribution is -0.107. The number of hydrogen-bond acceptors (Lipinski definition) is 7. The number of aliphatic hydroxyl groups excluding tert-OH is 1. The first-order chi connectivity index (χ1) is 17.5. The van der Waals surface area contributed by atoms with Gasteiger partial charge in [-0.15, -0.1) is 0 Å². The van der Waals surface area contributed by atoms with Gasteiger partial charge < -0.3 is 19.2 Å². The average molecular weight is 487 g/mol. The quantitative estimate of drug-likeness (QED) is 0.258. The normalized spacial score (nSPS) is 11.0. The number of ketones is 1. The van der Waals surface area contributed by atoms with E-state index < -0.39 is 18.0 Å². The van der Waals surface area contributed by atoms with Crippen molar-refractivity contribution in [2.75, 3.05) is 12.4 Å². The summed E-state index contributed by atoms with van der Waals surface area (Å²) in [6, 6.07) is 24.0. The van der Waals surface area contributed by atoms with E-state index in [0.717, 1.165) is 35.6 Å². The van der Waals surface area contributed by atoms with E-state index in [9.17, 15) is 14.4 Å². The molecule has 184 valence electrons. The molecule has 36 heavy (non-hydrogen) atoms. The molecular formula is C28H26N2O6. The largest absolute Gasteiger partial charge is 0.441 e. The highest BCUT2D eigenvalue weighted by Gasteiger charge is 2.21. The molecule has 8 nitrogen and oxygen atoms in total. The minimum Gasteiger partial charge on any atom is -0.441 e. The van der Waals surface area contributed by atoms with Crippen molar-refractivity contribution in [2.24, 2.45) is 0 Å². The van der Waals surface area contributed by atoms with Crippen LogP contribution in [0.2, 0.25) is 0 Å². The van der Waals surface area contributed by atoms with Crippen LogP contribution in [0, 0.1) is 0 Å². The number of benzene rings is 3. The van der Waals surface area contributed by atoms with Crippen LogP contribution in [0.4, 0.5) is 10.5 Å². The first kappa shape index (κ1) is 26.1. The summed E-state index contributed by atoms with van der Waals surface area (Å²) < 4.78 is 10.3. The molecule has 3 aromatic carbocycles. The maximum absolute atomic E-state index is 13.0. The number of carbonyl (C=O) groups is 3. The summed E-state index contributed by atoms with van der Waals surface area (Å²) >= 11 is 0. The highest BCUT2D eigenvalue weighted by Crippen LogP contribution is 2.24. The average Bonchev–Trinajstić information content (AvgIpc) is 3.38. The van der Waals surface area contributed by atoms with Crippen LogP contribution in [0.1, 0.15) is 40.2 Å². The van der Waals surface area contributed by atoms with Crippen molar-refractivity contribution in [1.82, 2.24) is 5.16 Å². The summed E-state index contributed by atoms with van der Waals surface area (Å²) in [4.78, 5) is 36.0. The molecule has 8 heteroatoms. The maximum atomic E-state index is 13.0. The van der Waals surface area contributed by atoms with Crippen LogP contribution in [0.3, 0.4) is 0 Å². The van der Waals surface area contributed by atoms with E-state index in [4.69, 9.17) is 14.4 Å². The van der Waals surface area contributed by atoms with Gasteiger partial charge in [0.1, 0.15) is 24.3 Å². The standard InChI is InChI=1S/C27H22N2O5.CH4O/c1-18(20-5-3-2-4-6-20)34-27(32)28-24-17-33-29-25(24)26(31)23-13-11-22(12-14-23)21-9-7-19(8-10-21)15-16-30;1-2/h2-14,16-18H,15H2,1H3,(H,28,32);2H,1H3. The molecule has 1 heterocycles. The van der Waals surface area contributed by atoms with E-state index in [0.29, 0.717) is 12.0 Å². The van der Waals surface area contributed by atoms with Crippen LogP contribution in [-0.4, -0.2) is 35.5 Å². The van der Waals surface area contributed by atoms with Gasteiger partial charge in [-0.05, 0) is 29.2 Å². The fraction of sp³-hybridized carbons (Fsp3) is 0.143. The number of ether oxygens (including phenoxy) is 1. The smallest absolute Gasteiger partial charge is 0.412 e.